The lowest BCUT2D eigenvalue weighted by Crippen LogP contribution is -2.55. The number of aromatic nitrogens is 1. The van der Waals surface area contributed by atoms with E-state index in [-0.39, 0.29) is 23.6 Å². The molecule has 11 nitrogen and oxygen atoms in total. The fraction of sp³-hybridized carbons (Fsp3) is 0.438. The highest BCUT2D eigenvalue weighted by molar-refractivity contribution is 7.99. The predicted octanol–water partition coefficient (Wildman–Crippen LogP) is 4.74. The molecule has 1 aromatic heterocycles. The Kier molecular flexibility index (Phi) is 10.8. The highest BCUT2D eigenvalue weighted by Gasteiger charge is 2.34. The van der Waals surface area contributed by atoms with Crippen molar-refractivity contribution in [3.8, 4) is 5.75 Å². The quantitative estimate of drug-likeness (QED) is 0.214. The number of anilines is 1. The van der Waals surface area contributed by atoms with Crippen LogP contribution in [0.3, 0.4) is 0 Å². The molecule has 45 heavy (non-hydrogen) atoms. The summed E-state index contributed by atoms with van der Waals surface area (Å²) in [5.74, 6) is -0.174. The van der Waals surface area contributed by atoms with Gasteiger partial charge >= 0.3 is 7.82 Å². The minimum Gasteiger partial charge on any atom is -0.402 e. The maximum Gasteiger partial charge on any atom is 0.524 e. The SMILES string of the molecule is CC(=O)NC(Cc1ccc(OP(=O)(O)O)c2ncccc12)C(=O)N[C@H]1CSc2ccccc2N(CCCC2CCCCC2)C1=O. The Hall–Kier alpha value is -3.44. The first-order valence-corrected chi connectivity index (χ1v) is 17.8. The third-order valence-corrected chi connectivity index (χ3v) is 9.91. The molecule has 0 bridgehead atoms. The average molecular weight is 655 g/mol. The van der Waals surface area contributed by atoms with Gasteiger partial charge < -0.3 is 20.1 Å². The largest absolute Gasteiger partial charge is 0.524 e. The molecule has 1 aliphatic carbocycles. The molecule has 1 saturated carbocycles. The van der Waals surface area contributed by atoms with Crippen LogP contribution in [0.25, 0.3) is 10.9 Å². The van der Waals surface area contributed by atoms with E-state index >= 15 is 0 Å². The molecule has 2 atom stereocenters. The van der Waals surface area contributed by atoms with Crippen LogP contribution in [-0.4, -0.2) is 56.9 Å². The molecule has 3 aromatic rings. The molecule has 1 aliphatic heterocycles. The summed E-state index contributed by atoms with van der Waals surface area (Å²) < 4.78 is 16.3. The maximum atomic E-state index is 14.0. The zero-order valence-corrected chi connectivity index (χ0v) is 26.9. The zero-order valence-electron chi connectivity index (χ0n) is 25.2. The predicted molar refractivity (Wildman–Crippen MR) is 173 cm³/mol. The Balaban J connectivity index is 1.34. The van der Waals surface area contributed by atoms with E-state index in [0.29, 0.717) is 29.2 Å². The molecule has 0 saturated heterocycles. The second kappa shape index (κ2) is 14.8. The fourth-order valence-electron chi connectivity index (χ4n) is 6.23. The van der Waals surface area contributed by atoms with Crippen LogP contribution in [0.1, 0.15) is 57.4 Å². The van der Waals surface area contributed by atoms with E-state index in [0.717, 1.165) is 23.4 Å². The van der Waals surface area contributed by atoms with Gasteiger partial charge in [-0.1, -0.05) is 56.4 Å². The lowest BCUT2D eigenvalue weighted by Gasteiger charge is -2.28. The van der Waals surface area contributed by atoms with Crippen LogP contribution in [0.2, 0.25) is 0 Å². The normalized spacial score (nSPS) is 18.2. The molecule has 5 rings (SSSR count). The summed E-state index contributed by atoms with van der Waals surface area (Å²) in [7, 11) is -4.84. The summed E-state index contributed by atoms with van der Waals surface area (Å²) in [4.78, 5) is 65.6. The number of rotatable bonds is 11. The maximum absolute atomic E-state index is 14.0. The number of amides is 3. The smallest absolute Gasteiger partial charge is 0.402 e. The lowest BCUT2D eigenvalue weighted by atomic mass is 9.86. The summed E-state index contributed by atoms with van der Waals surface area (Å²) in [5.41, 5.74) is 1.66. The molecule has 4 N–H and O–H groups in total. The van der Waals surface area contributed by atoms with E-state index in [1.807, 2.05) is 24.3 Å². The zero-order chi connectivity index (χ0) is 32.0. The minimum absolute atomic E-state index is 0.0448. The second-order valence-corrected chi connectivity index (χ2v) is 13.9. The summed E-state index contributed by atoms with van der Waals surface area (Å²) in [6, 6.07) is 12.3. The molecule has 2 aromatic carbocycles. The van der Waals surface area contributed by atoms with Gasteiger partial charge in [0.1, 0.15) is 17.6 Å². The van der Waals surface area contributed by atoms with Crippen molar-refractivity contribution in [3.05, 3.63) is 60.3 Å². The Morgan fingerprint density at radius 1 is 1.11 bits per heavy atom. The standard InChI is InChI=1S/C32H39N4O7PS/c1-21(37)34-25(19-23-15-16-28(43-44(40,41)42)30-24(23)12-7-17-33-30)31(38)35-26-20-45-29-14-6-5-13-27(29)36(32(26)39)18-8-11-22-9-3-2-4-10-22/h5-7,12-17,22,25-26H,2-4,8-11,18-20H2,1H3,(H,34,37)(H,35,38)(H2,40,41,42)/t25?,26-/m0/s1. The van der Waals surface area contributed by atoms with E-state index in [2.05, 4.69) is 15.6 Å². The number of pyridine rings is 1. The molecular formula is C32H39N4O7PS. The molecule has 2 heterocycles. The van der Waals surface area contributed by atoms with Crippen molar-refractivity contribution in [2.24, 2.45) is 5.92 Å². The minimum atomic E-state index is -4.84. The van der Waals surface area contributed by atoms with Gasteiger partial charge in [-0.05, 0) is 48.6 Å². The molecule has 3 amide bonds. The van der Waals surface area contributed by atoms with Gasteiger partial charge in [-0.15, -0.1) is 11.8 Å². The lowest BCUT2D eigenvalue weighted by molar-refractivity contribution is -0.130. The first-order valence-electron chi connectivity index (χ1n) is 15.3. The van der Waals surface area contributed by atoms with Gasteiger partial charge in [0.05, 0.1) is 5.69 Å². The second-order valence-electron chi connectivity index (χ2n) is 11.6. The first kappa shape index (κ1) is 32.9. The third-order valence-electron chi connectivity index (χ3n) is 8.32. The number of hydrogen-bond donors (Lipinski definition) is 4. The Labute approximate surface area is 266 Å². The van der Waals surface area contributed by atoms with Crippen molar-refractivity contribution in [1.82, 2.24) is 15.6 Å². The van der Waals surface area contributed by atoms with Gasteiger partial charge in [0, 0.05) is 42.1 Å². The first-order chi connectivity index (χ1) is 21.6. The van der Waals surface area contributed by atoms with E-state index in [9.17, 15) is 28.7 Å². The number of para-hydroxylation sites is 1. The highest BCUT2D eigenvalue weighted by Crippen LogP contribution is 2.41. The number of carbonyl (C=O) groups is 3. The third kappa shape index (κ3) is 8.64. The Morgan fingerprint density at radius 3 is 2.64 bits per heavy atom. The van der Waals surface area contributed by atoms with Gasteiger partial charge in [-0.2, -0.15) is 0 Å². The Bertz CT molecular complexity index is 1590. The van der Waals surface area contributed by atoms with Crippen LogP contribution < -0.4 is 20.1 Å². The van der Waals surface area contributed by atoms with Crippen molar-refractivity contribution in [2.45, 2.75) is 75.3 Å². The van der Waals surface area contributed by atoms with Gasteiger partial charge in [-0.25, -0.2) is 4.57 Å². The molecule has 0 spiro atoms. The number of thioether (sulfide) groups is 1. The van der Waals surface area contributed by atoms with Crippen LogP contribution in [-0.2, 0) is 25.4 Å². The number of fused-ring (bicyclic) bond motifs is 2. The number of hydrogen-bond acceptors (Lipinski definition) is 7. The number of phosphoric ester groups is 1. The van der Waals surface area contributed by atoms with Gasteiger partial charge in [-0.3, -0.25) is 29.2 Å². The number of benzene rings is 2. The molecule has 1 fully saturated rings. The van der Waals surface area contributed by atoms with Crippen LogP contribution >= 0.6 is 19.6 Å². The molecular weight excluding hydrogens is 615 g/mol. The van der Waals surface area contributed by atoms with Gasteiger partial charge in [0.2, 0.25) is 17.7 Å². The van der Waals surface area contributed by atoms with E-state index in [1.165, 1.54) is 63.1 Å². The van der Waals surface area contributed by atoms with Crippen LogP contribution in [0, 0.1) is 5.92 Å². The van der Waals surface area contributed by atoms with Crippen molar-refractivity contribution in [1.29, 1.82) is 0 Å². The van der Waals surface area contributed by atoms with Crippen LogP contribution in [0.5, 0.6) is 5.75 Å². The van der Waals surface area contributed by atoms with E-state index < -0.39 is 31.7 Å². The summed E-state index contributed by atoms with van der Waals surface area (Å²) in [6.45, 7) is 1.88. The molecule has 13 heteroatoms. The summed E-state index contributed by atoms with van der Waals surface area (Å²) in [5, 5.41) is 6.13. The number of carbonyl (C=O) groups excluding carboxylic acids is 3. The highest BCUT2D eigenvalue weighted by atomic mass is 32.2. The molecule has 2 aliphatic rings. The van der Waals surface area contributed by atoms with E-state index in [1.54, 1.807) is 23.1 Å². The topological polar surface area (TPSA) is 158 Å². The monoisotopic (exact) mass is 654 g/mol. The van der Waals surface area contributed by atoms with Gasteiger partial charge in [0.25, 0.3) is 0 Å². The van der Waals surface area contributed by atoms with Gasteiger partial charge in [0.15, 0.2) is 5.75 Å². The average Bonchev–Trinajstić information content (AvgIpc) is 3.14. The molecule has 0 radical (unpaired) electrons. The number of phosphoric acid groups is 1. The number of nitrogens with zero attached hydrogens (tertiary/aromatic N) is 2. The van der Waals surface area contributed by atoms with Crippen molar-refractivity contribution >= 4 is 53.9 Å². The van der Waals surface area contributed by atoms with Crippen molar-refractivity contribution in [2.75, 3.05) is 17.2 Å². The van der Waals surface area contributed by atoms with E-state index in [4.69, 9.17) is 4.52 Å². The van der Waals surface area contributed by atoms with Crippen LogP contribution in [0.4, 0.5) is 5.69 Å². The van der Waals surface area contributed by atoms with Crippen molar-refractivity contribution < 1.29 is 33.3 Å². The molecule has 240 valence electrons. The summed E-state index contributed by atoms with van der Waals surface area (Å²) >= 11 is 1.52. The van der Waals surface area contributed by atoms with Crippen molar-refractivity contribution in [3.63, 3.8) is 0 Å². The summed E-state index contributed by atoms with van der Waals surface area (Å²) in [6.07, 6.45) is 9.80. The Morgan fingerprint density at radius 2 is 1.89 bits per heavy atom. The molecule has 1 unspecified atom stereocenters. The number of nitrogens with one attached hydrogen (secondary N) is 2. The fourth-order valence-corrected chi connectivity index (χ4v) is 7.71. The van der Waals surface area contributed by atoms with Crippen LogP contribution in [0.15, 0.2) is 59.6 Å².